The summed E-state index contributed by atoms with van der Waals surface area (Å²) in [5, 5.41) is 20.5. The number of aromatic nitrogens is 4. The van der Waals surface area contributed by atoms with Crippen molar-refractivity contribution in [2.24, 2.45) is 0 Å². The first kappa shape index (κ1) is 13.7. The van der Waals surface area contributed by atoms with Crippen LogP contribution >= 0.6 is 0 Å². The van der Waals surface area contributed by atoms with Crippen LogP contribution < -0.4 is 10.1 Å². The van der Waals surface area contributed by atoms with Crippen molar-refractivity contribution < 1.29 is 9.66 Å². The second-order valence-electron chi connectivity index (χ2n) is 3.94. The molecule has 9 heteroatoms. The quantitative estimate of drug-likeness (QED) is 0.605. The third-order valence-corrected chi connectivity index (χ3v) is 2.51. The normalized spacial score (nSPS) is 10.3. The second kappa shape index (κ2) is 5.95. The minimum atomic E-state index is -0.511. The number of hydrogen-bond donors (Lipinski definition) is 2. The Balaban J connectivity index is 2.29. The first-order valence-electron chi connectivity index (χ1n) is 5.99. The van der Waals surface area contributed by atoms with Gasteiger partial charge >= 0.3 is 11.7 Å². The van der Waals surface area contributed by atoms with Crippen molar-refractivity contribution in [1.82, 2.24) is 20.2 Å². The molecule has 0 saturated carbocycles. The number of aromatic amines is 1. The number of nitrogens with zero attached hydrogens (tertiary/aromatic N) is 4. The molecule has 2 heterocycles. The van der Waals surface area contributed by atoms with E-state index in [1.807, 2.05) is 0 Å². The van der Waals surface area contributed by atoms with E-state index in [9.17, 15) is 10.1 Å². The molecule has 2 aromatic heterocycles. The van der Waals surface area contributed by atoms with E-state index in [-0.39, 0.29) is 23.2 Å². The summed E-state index contributed by atoms with van der Waals surface area (Å²) in [6.45, 7) is 4.09. The Morgan fingerprint density at radius 2 is 2.30 bits per heavy atom. The summed E-state index contributed by atoms with van der Waals surface area (Å²) in [6.07, 6.45) is 3.31. The van der Waals surface area contributed by atoms with Crippen molar-refractivity contribution in [3.63, 3.8) is 0 Å². The maximum absolute atomic E-state index is 11.1. The van der Waals surface area contributed by atoms with E-state index in [1.54, 1.807) is 26.2 Å². The van der Waals surface area contributed by atoms with Crippen molar-refractivity contribution in [2.45, 2.75) is 20.4 Å². The minimum Gasteiger partial charge on any atom is -0.464 e. The van der Waals surface area contributed by atoms with E-state index >= 15 is 0 Å². The van der Waals surface area contributed by atoms with Crippen molar-refractivity contribution in [1.29, 1.82) is 0 Å². The fraction of sp³-hybridized carbons (Fsp3) is 0.364. The Bertz CT molecular complexity index is 598. The molecule has 0 aromatic carbocycles. The van der Waals surface area contributed by atoms with Crippen LogP contribution in [0.3, 0.4) is 0 Å². The average molecular weight is 278 g/mol. The average Bonchev–Trinajstić information content (AvgIpc) is 2.88. The molecular formula is C11H14N6O3. The molecule has 0 atom stereocenters. The van der Waals surface area contributed by atoms with E-state index in [2.05, 4.69) is 25.5 Å². The van der Waals surface area contributed by atoms with E-state index in [0.29, 0.717) is 13.2 Å². The molecule has 9 nitrogen and oxygen atoms in total. The predicted octanol–water partition coefficient (Wildman–Crippen LogP) is 1.43. The Morgan fingerprint density at radius 3 is 2.90 bits per heavy atom. The molecule has 20 heavy (non-hydrogen) atoms. The minimum absolute atomic E-state index is 0.116. The number of hydrogen-bond acceptors (Lipinski definition) is 7. The lowest BCUT2D eigenvalue weighted by molar-refractivity contribution is -0.385. The Hall–Kier alpha value is -2.71. The molecule has 0 bridgehead atoms. The highest BCUT2D eigenvalue weighted by molar-refractivity contribution is 5.59. The molecule has 2 aromatic rings. The van der Waals surface area contributed by atoms with Crippen molar-refractivity contribution in [3.8, 4) is 6.01 Å². The number of rotatable bonds is 6. The van der Waals surface area contributed by atoms with Crippen molar-refractivity contribution in [3.05, 3.63) is 33.8 Å². The number of nitrogens with one attached hydrogen (secondary N) is 2. The van der Waals surface area contributed by atoms with Gasteiger partial charge in [-0.1, -0.05) is 0 Å². The lowest BCUT2D eigenvalue weighted by Gasteiger charge is -2.08. The van der Waals surface area contributed by atoms with Crippen LogP contribution in [-0.2, 0) is 6.54 Å². The van der Waals surface area contributed by atoms with Crippen LogP contribution in [-0.4, -0.2) is 31.7 Å². The summed E-state index contributed by atoms with van der Waals surface area (Å²) in [6, 6.07) is 0.116. The van der Waals surface area contributed by atoms with E-state index < -0.39 is 4.92 Å². The van der Waals surface area contributed by atoms with Gasteiger partial charge in [-0.3, -0.25) is 15.2 Å². The molecule has 0 radical (unpaired) electrons. The zero-order valence-electron chi connectivity index (χ0n) is 11.1. The molecule has 0 amide bonds. The lowest BCUT2D eigenvalue weighted by Crippen LogP contribution is -2.09. The van der Waals surface area contributed by atoms with E-state index in [1.165, 1.54) is 0 Å². The monoisotopic (exact) mass is 278 g/mol. The Labute approximate surface area is 114 Å². The molecule has 2 N–H and O–H groups in total. The van der Waals surface area contributed by atoms with Gasteiger partial charge in [0.05, 0.1) is 17.7 Å². The van der Waals surface area contributed by atoms with Gasteiger partial charge in [0, 0.05) is 18.3 Å². The molecule has 2 rings (SSSR count). The third kappa shape index (κ3) is 2.99. The number of H-pyrrole nitrogens is 1. The van der Waals surface area contributed by atoms with Gasteiger partial charge in [-0.05, 0) is 13.8 Å². The van der Waals surface area contributed by atoms with Gasteiger partial charge < -0.3 is 10.1 Å². The van der Waals surface area contributed by atoms with Crippen LogP contribution in [0.4, 0.5) is 11.5 Å². The topological polar surface area (TPSA) is 119 Å². The highest BCUT2D eigenvalue weighted by Crippen LogP contribution is 2.27. The van der Waals surface area contributed by atoms with Crippen molar-refractivity contribution >= 4 is 11.5 Å². The summed E-state index contributed by atoms with van der Waals surface area (Å²) in [5.41, 5.74) is 0.952. The maximum atomic E-state index is 11.1. The standard InChI is InChI=1S/C11H14N6O3/c1-3-20-11-15-7(2)9(17(18)19)10(16-11)12-4-8-5-13-14-6-8/h5-6H,3-4H2,1-2H3,(H,13,14)(H,12,15,16). The predicted molar refractivity (Wildman–Crippen MR) is 70.5 cm³/mol. The van der Waals surface area contributed by atoms with Crippen LogP contribution in [0.25, 0.3) is 0 Å². The molecule has 0 fully saturated rings. The lowest BCUT2D eigenvalue weighted by atomic mass is 10.3. The molecule has 0 unspecified atom stereocenters. The van der Waals surface area contributed by atoms with Gasteiger partial charge in [0.25, 0.3) is 0 Å². The van der Waals surface area contributed by atoms with Crippen LogP contribution in [0.15, 0.2) is 12.4 Å². The zero-order chi connectivity index (χ0) is 14.5. The van der Waals surface area contributed by atoms with Gasteiger partial charge in [-0.2, -0.15) is 15.1 Å². The van der Waals surface area contributed by atoms with Gasteiger partial charge in [-0.15, -0.1) is 0 Å². The summed E-state index contributed by atoms with van der Waals surface area (Å²) in [5.74, 6) is 0.132. The summed E-state index contributed by atoms with van der Waals surface area (Å²) < 4.78 is 5.20. The highest BCUT2D eigenvalue weighted by atomic mass is 16.6. The molecular weight excluding hydrogens is 264 g/mol. The molecule has 0 aliphatic carbocycles. The molecule has 0 spiro atoms. The largest absolute Gasteiger partial charge is 0.464 e. The summed E-state index contributed by atoms with van der Waals surface area (Å²) in [4.78, 5) is 18.6. The van der Waals surface area contributed by atoms with Crippen molar-refractivity contribution in [2.75, 3.05) is 11.9 Å². The maximum Gasteiger partial charge on any atom is 0.332 e. The van der Waals surface area contributed by atoms with E-state index in [0.717, 1.165) is 5.56 Å². The summed E-state index contributed by atoms with van der Waals surface area (Å²) in [7, 11) is 0. The van der Waals surface area contributed by atoms with Crippen LogP contribution in [0.5, 0.6) is 6.01 Å². The first-order valence-corrected chi connectivity index (χ1v) is 5.99. The SMILES string of the molecule is CCOc1nc(C)c([N+](=O)[O-])c(NCc2cn[nH]c2)n1. The highest BCUT2D eigenvalue weighted by Gasteiger charge is 2.22. The summed E-state index contributed by atoms with van der Waals surface area (Å²) >= 11 is 0. The van der Waals surface area contributed by atoms with Gasteiger partial charge in [0.15, 0.2) is 0 Å². The van der Waals surface area contributed by atoms with E-state index in [4.69, 9.17) is 4.74 Å². The fourth-order valence-corrected chi connectivity index (χ4v) is 1.64. The molecule has 0 aliphatic rings. The number of ether oxygens (including phenoxy) is 1. The third-order valence-electron chi connectivity index (χ3n) is 2.51. The second-order valence-corrected chi connectivity index (χ2v) is 3.94. The molecule has 106 valence electrons. The Morgan fingerprint density at radius 1 is 1.50 bits per heavy atom. The fourth-order valence-electron chi connectivity index (χ4n) is 1.64. The van der Waals surface area contributed by atoms with Gasteiger partial charge in [0.1, 0.15) is 5.69 Å². The van der Waals surface area contributed by atoms with Crippen LogP contribution in [0, 0.1) is 17.0 Å². The van der Waals surface area contributed by atoms with Gasteiger partial charge in [-0.25, -0.2) is 0 Å². The molecule has 0 aliphatic heterocycles. The number of nitro groups is 1. The first-order chi connectivity index (χ1) is 9.61. The zero-order valence-corrected chi connectivity index (χ0v) is 11.1. The number of anilines is 1. The van der Waals surface area contributed by atoms with Crippen LogP contribution in [0.1, 0.15) is 18.2 Å². The number of aryl methyl sites for hydroxylation is 1. The Kier molecular flexibility index (Phi) is 4.08. The smallest absolute Gasteiger partial charge is 0.332 e. The molecule has 0 saturated heterocycles. The van der Waals surface area contributed by atoms with Gasteiger partial charge in [0.2, 0.25) is 5.82 Å². The van der Waals surface area contributed by atoms with Crippen LogP contribution in [0.2, 0.25) is 0 Å².